The molecule has 2 aromatic carbocycles. The average molecular weight is 428 g/mol. The molecule has 162 valence electrons. The number of hydrazone groups is 1. The van der Waals surface area contributed by atoms with Crippen molar-refractivity contribution in [3.8, 4) is 0 Å². The van der Waals surface area contributed by atoms with Crippen LogP contribution in [0.4, 0.5) is 5.69 Å². The summed E-state index contributed by atoms with van der Waals surface area (Å²) < 4.78 is 7.31. The third-order valence-electron chi connectivity index (χ3n) is 5.85. The maximum atomic E-state index is 13.1. The van der Waals surface area contributed by atoms with Gasteiger partial charge in [-0.2, -0.15) is 10.1 Å². The number of aromatic nitrogens is 1. The quantitative estimate of drug-likeness (QED) is 0.599. The maximum Gasteiger partial charge on any atom is 0.280 e. The van der Waals surface area contributed by atoms with E-state index in [1.54, 1.807) is 0 Å². The molecule has 7 nitrogen and oxygen atoms in total. The first kappa shape index (κ1) is 20.2. The van der Waals surface area contributed by atoms with E-state index < -0.39 is 0 Å². The summed E-state index contributed by atoms with van der Waals surface area (Å²) in [4.78, 5) is 27.8. The lowest BCUT2D eigenvalue weighted by molar-refractivity contribution is -0.135. The van der Waals surface area contributed by atoms with Crippen LogP contribution in [-0.4, -0.2) is 53.3 Å². The largest absolute Gasteiger partial charge is 0.378 e. The summed E-state index contributed by atoms with van der Waals surface area (Å²) in [7, 11) is 0. The van der Waals surface area contributed by atoms with Gasteiger partial charge in [-0.3, -0.25) is 9.59 Å². The van der Waals surface area contributed by atoms with Gasteiger partial charge in [0.05, 0.1) is 30.2 Å². The number of carbonyl (C=O) groups is 2. The fraction of sp³-hybridized carbons (Fsp3) is 0.240. The number of para-hydroxylation sites is 2. The third kappa shape index (κ3) is 3.71. The van der Waals surface area contributed by atoms with Gasteiger partial charge in [0.25, 0.3) is 5.91 Å². The second kappa shape index (κ2) is 8.43. The van der Waals surface area contributed by atoms with Crippen LogP contribution in [-0.2, 0) is 20.9 Å². The Bertz CT molecular complexity index is 1240. The summed E-state index contributed by atoms with van der Waals surface area (Å²) in [6, 6.07) is 17.3. The molecular weight excluding hydrogens is 404 g/mol. The Morgan fingerprint density at radius 3 is 2.56 bits per heavy atom. The molecule has 0 spiro atoms. The molecule has 5 rings (SSSR count). The van der Waals surface area contributed by atoms with Crippen molar-refractivity contribution in [3.05, 3.63) is 71.9 Å². The van der Waals surface area contributed by atoms with Gasteiger partial charge in [0.1, 0.15) is 6.54 Å². The number of hydrogen-bond acceptors (Lipinski definition) is 4. The molecular formula is C25H24N4O3. The lowest BCUT2D eigenvalue weighted by Gasteiger charge is -2.27. The van der Waals surface area contributed by atoms with Crippen LogP contribution in [0.2, 0.25) is 0 Å². The summed E-state index contributed by atoms with van der Waals surface area (Å²) in [5.74, 6) is -0.0897. The summed E-state index contributed by atoms with van der Waals surface area (Å²) in [6.45, 7) is 4.49. The molecule has 2 aliphatic heterocycles. The van der Waals surface area contributed by atoms with Gasteiger partial charge in [-0.25, -0.2) is 0 Å². The number of hydrogen-bond donors (Lipinski definition) is 0. The van der Waals surface area contributed by atoms with Gasteiger partial charge in [0, 0.05) is 35.8 Å². The molecule has 2 amide bonds. The van der Waals surface area contributed by atoms with Crippen molar-refractivity contribution >= 4 is 40.2 Å². The number of anilines is 1. The smallest absolute Gasteiger partial charge is 0.280 e. The number of fused-ring (bicyclic) bond motifs is 1. The highest BCUT2D eigenvalue weighted by Gasteiger charge is 2.29. The van der Waals surface area contributed by atoms with E-state index in [4.69, 9.17) is 4.74 Å². The monoisotopic (exact) mass is 428 g/mol. The molecule has 2 aliphatic rings. The first-order chi connectivity index (χ1) is 15.6. The minimum absolute atomic E-state index is 0.0678. The van der Waals surface area contributed by atoms with Gasteiger partial charge in [0.15, 0.2) is 0 Å². The van der Waals surface area contributed by atoms with Crippen LogP contribution < -0.4 is 5.01 Å². The topological polar surface area (TPSA) is 67.1 Å². The highest BCUT2D eigenvalue weighted by Crippen LogP contribution is 2.28. The molecule has 1 fully saturated rings. The standard InChI is InChI=1S/C25H24N4O3/c1-18-22(25(31)29(26-18)20-7-3-2-4-8-20)15-19-16-28(23-10-6-5-9-21(19)23)17-24(30)27-11-13-32-14-12-27/h2-10,15-16H,11-14,17H2,1H3/b22-15+. The van der Waals surface area contributed by atoms with E-state index in [0.29, 0.717) is 37.6 Å². The Labute approximate surface area is 186 Å². The van der Waals surface area contributed by atoms with Gasteiger partial charge in [-0.15, -0.1) is 0 Å². The highest BCUT2D eigenvalue weighted by atomic mass is 16.5. The van der Waals surface area contributed by atoms with Gasteiger partial charge in [0.2, 0.25) is 5.91 Å². The van der Waals surface area contributed by atoms with Crippen molar-refractivity contribution in [1.29, 1.82) is 0 Å². The van der Waals surface area contributed by atoms with Crippen molar-refractivity contribution in [2.75, 3.05) is 31.3 Å². The molecule has 1 saturated heterocycles. The zero-order chi connectivity index (χ0) is 22.1. The van der Waals surface area contributed by atoms with Crippen molar-refractivity contribution in [1.82, 2.24) is 9.47 Å². The zero-order valence-corrected chi connectivity index (χ0v) is 17.9. The number of benzene rings is 2. The predicted molar refractivity (Wildman–Crippen MR) is 124 cm³/mol. The molecule has 0 radical (unpaired) electrons. The van der Waals surface area contributed by atoms with Crippen LogP contribution in [0.15, 0.2) is 71.5 Å². The average Bonchev–Trinajstić information content (AvgIpc) is 3.32. The minimum Gasteiger partial charge on any atom is -0.378 e. The Balaban J connectivity index is 1.47. The number of amides is 2. The summed E-state index contributed by atoms with van der Waals surface area (Å²) in [5, 5.41) is 6.89. The van der Waals surface area contributed by atoms with Crippen LogP contribution in [0, 0.1) is 0 Å². The molecule has 0 atom stereocenters. The molecule has 1 aromatic heterocycles. The predicted octanol–water partition coefficient (Wildman–Crippen LogP) is 3.31. The number of carbonyl (C=O) groups excluding carboxylic acids is 2. The Morgan fingerprint density at radius 2 is 1.78 bits per heavy atom. The van der Waals surface area contributed by atoms with E-state index in [2.05, 4.69) is 5.10 Å². The summed E-state index contributed by atoms with van der Waals surface area (Å²) in [5.41, 5.74) is 3.80. The van der Waals surface area contributed by atoms with Gasteiger partial charge in [-0.1, -0.05) is 36.4 Å². The molecule has 32 heavy (non-hydrogen) atoms. The highest BCUT2D eigenvalue weighted by molar-refractivity contribution is 6.32. The fourth-order valence-corrected chi connectivity index (χ4v) is 4.16. The van der Waals surface area contributed by atoms with E-state index in [-0.39, 0.29) is 18.4 Å². The molecule has 0 bridgehead atoms. The summed E-state index contributed by atoms with van der Waals surface area (Å²) in [6.07, 6.45) is 3.82. The van der Waals surface area contributed by atoms with Gasteiger partial charge >= 0.3 is 0 Å². The van der Waals surface area contributed by atoms with Crippen molar-refractivity contribution < 1.29 is 14.3 Å². The molecule has 0 unspecified atom stereocenters. The zero-order valence-electron chi connectivity index (χ0n) is 17.9. The Morgan fingerprint density at radius 1 is 1.06 bits per heavy atom. The normalized spacial score (nSPS) is 18.0. The molecule has 7 heteroatoms. The number of ether oxygens (including phenoxy) is 1. The number of morpholine rings is 1. The molecule has 0 N–H and O–H groups in total. The van der Waals surface area contributed by atoms with Crippen LogP contribution in [0.25, 0.3) is 17.0 Å². The molecule has 3 aromatic rings. The Hall–Kier alpha value is -3.71. The van der Waals surface area contributed by atoms with E-state index in [9.17, 15) is 9.59 Å². The van der Waals surface area contributed by atoms with Crippen LogP contribution in [0.1, 0.15) is 12.5 Å². The Kier molecular flexibility index (Phi) is 5.33. The minimum atomic E-state index is -0.157. The van der Waals surface area contributed by atoms with Gasteiger partial charge < -0.3 is 14.2 Å². The second-order valence-corrected chi connectivity index (χ2v) is 7.92. The lowest BCUT2D eigenvalue weighted by atomic mass is 10.1. The van der Waals surface area contributed by atoms with Crippen molar-refractivity contribution in [2.24, 2.45) is 5.10 Å². The second-order valence-electron chi connectivity index (χ2n) is 7.92. The molecule has 3 heterocycles. The number of nitrogens with zero attached hydrogens (tertiary/aromatic N) is 4. The van der Waals surface area contributed by atoms with E-state index in [0.717, 1.165) is 22.2 Å². The van der Waals surface area contributed by atoms with E-state index in [1.165, 1.54) is 5.01 Å². The third-order valence-corrected chi connectivity index (χ3v) is 5.85. The van der Waals surface area contributed by atoms with E-state index >= 15 is 0 Å². The summed E-state index contributed by atoms with van der Waals surface area (Å²) >= 11 is 0. The van der Waals surface area contributed by atoms with E-state index in [1.807, 2.05) is 83.3 Å². The van der Waals surface area contributed by atoms with Crippen LogP contribution in [0.5, 0.6) is 0 Å². The lowest BCUT2D eigenvalue weighted by Crippen LogP contribution is -2.42. The first-order valence-electron chi connectivity index (χ1n) is 10.7. The van der Waals surface area contributed by atoms with Crippen LogP contribution in [0.3, 0.4) is 0 Å². The van der Waals surface area contributed by atoms with Crippen LogP contribution >= 0.6 is 0 Å². The van der Waals surface area contributed by atoms with Crippen molar-refractivity contribution in [2.45, 2.75) is 13.5 Å². The maximum absolute atomic E-state index is 13.1. The SMILES string of the molecule is CC1=NN(c2ccccc2)C(=O)/C1=C/c1cn(CC(=O)N2CCOCC2)c2ccccc12. The van der Waals surface area contributed by atoms with Gasteiger partial charge in [-0.05, 0) is 31.2 Å². The first-order valence-corrected chi connectivity index (χ1v) is 10.7. The number of rotatable bonds is 4. The fourth-order valence-electron chi connectivity index (χ4n) is 4.16. The van der Waals surface area contributed by atoms with Crippen molar-refractivity contribution in [3.63, 3.8) is 0 Å². The molecule has 0 saturated carbocycles. The molecule has 0 aliphatic carbocycles.